The minimum Gasteiger partial charge on any atom is -0.444 e. The predicted octanol–water partition coefficient (Wildman–Crippen LogP) is 4.12. The highest BCUT2D eigenvalue weighted by molar-refractivity contribution is 6.07. The molecule has 0 aromatic carbocycles. The molecule has 2 saturated heterocycles. The van der Waals surface area contributed by atoms with Gasteiger partial charge >= 0.3 is 6.09 Å². The van der Waals surface area contributed by atoms with Gasteiger partial charge in [0.15, 0.2) is 5.96 Å². The van der Waals surface area contributed by atoms with E-state index >= 15 is 0 Å². The number of rotatable bonds is 5. The number of ether oxygens (including phenoxy) is 1. The van der Waals surface area contributed by atoms with Gasteiger partial charge in [-0.3, -0.25) is 15.1 Å². The fourth-order valence-electron chi connectivity index (χ4n) is 5.34. The second-order valence-electron chi connectivity index (χ2n) is 10.6. The lowest BCUT2D eigenvalue weighted by atomic mass is 9.77. The van der Waals surface area contributed by atoms with Gasteiger partial charge in [0.25, 0.3) is 5.91 Å². The summed E-state index contributed by atoms with van der Waals surface area (Å²) in [5.41, 5.74) is -1.21. The summed E-state index contributed by atoms with van der Waals surface area (Å²) in [7, 11) is 1.69. The fourth-order valence-corrected chi connectivity index (χ4v) is 5.34. The molecule has 7 nitrogen and oxygen atoms in total. The summed E-state index contributed by atoms with van der Waals surface area (Å²) in [4.78, 5) is 29.0. The molecule has 2 aliphatic heterocycles. The van der Waals surface area contributed by atoms with Crippen molar-refractivity contribution < 1.29 is 14.3 Å². The number of likely N-dealkylation sites (N-methyl/N-ethyl adjacent to an activating group) is 1. The van der Waals surface area contributed by atoms with E-state index in [2.05, 4.69) is 5.32 Å². The number of carbonyl (C=O) groups is 2. The predicted molar refractivity (Wildman–Crippen MR) is 117 cm³/mol. The lowest BCUT2D eigenvalue weighted by molar-refractivity contribution is -0.131. The minimum absolute atomic E-state index is 0.0118. The average molecular weight is 421 g/mol. The molecule has 1 unspecified atom stereocenters. The Kier molecular flexibility index (Phi) is 6.98. The molecule has 1 saturated carbocycles. The number of amides is 2. The Morgan fingerprint density at radius 3 is 2.43 bits per heavy atom. The van der Waals surface area contributed by atoms with Crippen LogP contribution in [-0.2, 0) is 9.53 Å². The second-order valence-corrected chi connectivity index (χ2v) is 10.6. The van der Waals surface area contributed by atoms with Crippen molar-refractivity contribution in [2.45, 2.75) is 96.1 Å². The van der Waals surface area contributed by atoms with Gasteiger partial charge in [0.1, 0.15) is 11.1 Å². The van der Waals surface area contributed by atoms with Crippen LogP contribution in [-0.4, -0.2) is 59.0 Å². The summed E-state index contributed by atoms with van der Waals surface area (Å²) in [6.07, 6.45) is 10.6. The molecule has 2 amide bonds. The van der Waals surface area contributed by atoms with Crippen LogP contribution < -0.4 is 5.32 Å². The van der Waals surface area contributed by atoms with Crippen molar-refractivity contribution in [2.75, 3.05) is 20.1 Å². The molecule has 0 aromatic heterocycles. The van der Waals surface area contributed by atoms with Crippen LogP contribution in [0, 0.1) is 17.2 Å². The smallest absolute Gasteiger partial charge is 0.410 e. The highest BCUT2D eigenvalue weighted by Gasteiger charge is 2.49. The SMILES string of the molecule is CN1C(=N)N[C@](CCC2CCCCC2)(CC2CCCN(C(=O)OC(C)(C)C)C2)C1=O. The largest absolute Gasteiger partial charge is 0.444 e. The van der Waals surface area contributed by atoms with E-state index in [-0.39, 0.29) is 23.9 Å². The van der Waals surface area contributed by atoms with Gasteiger partial charge < -0.3 is 15.0 Å². The number of hydrogen-bond donors (Lipinski definition) is 2. The van der Waals surface area contributed by atoms with Crippen LogP contribution in [0.1, 0.15) is 85.0 Å². The Balaban J connectivity index is 1.67. The van der Waals surface area contributed by atoms with Crippen LogP contribution in [0.3, 0.4) is 0 Å². The monoisotopic (exact) mass is 420 g/mol. The summed E-state index contributed by atoms with van der Waals surface area (Å²) in [5.74, 6) is 1.13. The third-order valence-electron chi connectivity index (χ3n) is 6.92. The number of guanidine groups is 1. The molecule has 2 N–H and O–H groups in total. The first-order valence-corrected chi connectivity index (χ1v) is 11.7. The maximum atomic E-state index is 13.2. The van der Waals surface area contributed by atoms with Crippen LogP contribution in [0.15, 0.2) is 0 Å². The molecule has 2 atom stereocenters. The summed E-state index contributed by atoms with van der Waals surface area (Å²) >= 11 is 0. The molecule has 2 heterocycles. The molecule has 3 fully saturated rings. The number of piperidine rings is 1. The number of nitrogens with zero attached hydrogens (tertiary/aromatic N) is 2. The van der Waals surface area contributed by atoms with Crippen molar-refractivity contribution in [1.82, 2.24) is 15.1 Å². The Hall–Kier alpha value is -1.79. The first kappa shape index (κ1) is 22.9. The quantitative estimate of drug-likeness (QED) is 0.700. The van der Waals surface area contributed by atoms with Crippen molar-refractivity contribution in [1.29, 1.82) is 5.41 Å². The van der Waals surface area contributed by atoms with E-state index in [9.17, 15) is 9.59 Å². The van der Waals surface area contributed by atoms with Crippen molar-refractivity contribution in [2.24, 2.45) is 11.8 Å². The highest BCUT2D eigenvalue weighted by atomic mass is 16.6. The van der Waals surface area contributed by atoms with E-state index in [0.29, 0.717) is 25.4 Å². The highest BCUT2D eigenvalue weighted by Crippen LogP contribution is 2.36. The minimum atomic E-state index is -0.703. The summed E-state index contributed by atoms with van der Waals surface area (Å²) in [5, 5.41) is 11.5. The van der Waals surface area contributed by atoms with Crippen molar-refractivity contribution in [3.63, 3.8) is 0 Å². The van der Waals surface area contributed by atoms with Gasteiger partial charge in [-0.1, -0.05) is 32.1 Å². The van der Waals surface area contributed by atoms with Gasteiger partial charge in [0.05, 0.1) is 0 Å². The van der Waals surface area contributed by atoms with E-state index in [1.54, 1.807) is 11.9 Å². The van der Waals surface area contributed by atoms with E-state index < -0.39 is 11.1 Å². The van der Waals surface area contributed by atoms with E-state index in [1.165, 1.54) is 37.0 Å². The molecule has 7 heteroatoms. The first-order chi connectivity index (χ1) is 14.1. The lowest BCUT2D eigenvalue weighted by Crippen LogP contribution is -2.51. The molecule has 0 aromatic rings. The third-order valence-corrected chi connectivity index (χ3v) is 6.92. The van der Waals surface area contributed by atoms with Gasteiger partial charge in [-0.15, -0.1) is 0 Å². The second kappa shape index (κ2) is 9.15. The van der Waals surface area contributed by atoms with Crippen LogP contribution in [0.5, 0.6) is 0 Å². The first-order valence-electron chi connectivity index (χ1n) is 11.7. The average Bonchev–Trinajstić information content (AvgIpc) is 2.90. The molecule has 0 bridgehead atoms. The topological polar surface area (TPSA) is 85.7 Å². The van der Waals surface area contributed by atoms with Crippen molar-refractivity contribution in [3.8, 4) is 0 Å². The Labute approximate surface area is 181 Å². The normalized spacial score (nSPS) is 28.6. The molecule has 3 aliphatic rings. The number of carbonyl (C=O) groups excluding carboxylic acids is 2. The molecule has 0 radical (unpaired) electrons. The standard InChI is InChI=1S/C23H40N4O3/c1-22(2,3)30-21(29)27-14-8-11-18(16-27)15-23(19(28)26(4)20(24)25-23)13-12-17-9-6-5-7-10-17/h17-18H,5-16H2,1-4H3,(H2,24,25)/t18?,23-/m1/s1. The van der Waals surface area contributed by atoms with Crippen molar-refractivity contribution in [3.05, 3.63) is 0 Å². The summed E-state index contributed by atoms with van der Waals surface area (Å²) in [6, 6.07) is 0. The van der Waals surface area contributed by atoms with Gasteiger partial charge in [-0.05, 0) is 64.7 Å². The Bertz CT molecular complexity index is 653. The molecular formula is C23H40N4O3. The fraction of sp³-hybridized carbons (Fsp3) is 0.870. The molecule has 3 rings (SSSR count). The van der Waals surface area contributed by atoms with Crippen LogP contribution >= 0.6 is 0 Å². The van der Waals surface area contributed by atoms with Gasteiger partial charge in [0.2, 0.25) is 0 Å². The maximum Gasteiger partial charge on any atom is 0.410 e. The maximum absolute atomic E-state index is 13.2. The molecule has 30 heavy (non-hydrogen) atoms. The van der Waals surface area contributed by atoms with E-state index in [1.807, 2.05) is 20.8 Å². The zero-order valence-electron chi connectivity index (χ0n) is 19.3. The lowest BCUT2D eigenvalue weighted by Gasteiger charge is -2.38. The van der Waals surface area contributed by atoms with Crippen molar-refractivity contribution >= 4 is 18.0 Å². The number of likely N-dealkylation sites (tertiary alicyclic amines) is 1. The van der Waals surface area contributed by atoms with Gasteiger partial charge in [-0.25, -0.2) is 4.79 Å². The molecular weight excluding hydrogens is 380 g/mol. The number of nitrogens with one attached hydrogen (secondary N) is 2. The Morgan fingerprint density at radius 2 is 1.83 bits per heavy atom. The van der Waals surface area contributed by atoms with E-state index in [4.69, 9.17) is 10.1 Å². The van der Waals surface area contributed by atoms with Crippen LogP contribution in [0.4, 0.5) is 4.79 Å². The van der Waals surface area contributed by atoms with E-state index in [0.717, 1.165) is 25.7 Å². The number of hydrogen-bond acceptors (Lipinski definition) is 4. The zero-order chi connectivity index (χ0) is 21.9. The summed E-state index contributed by atoms with van der Waals surface area (Å²) in [6.45, 7) is 6.98. The Morgan fingerprint density at radius 1 is 1.17 bits per heavy atom. The van der Waals surface area contributed by atoms with Gasteiger partial charge in [0, 0.05) is 20.1 Å². The third kappa shape index (κ3) is 5.46. The van der Waals surface area contributed by atoms with Crippen LogP contribution in [0.2, 0.25) is 0 Å². The molecule has 1 aliphatic carbocycles. The molecule has 170 valence electrons. The van der Waals surface area contributed by atoms with Crippen LogP contribution in [0.25, 0.3) is 0 Å². The van der Waals surface area contributed by atoms with Gasteiger partial charge in [-0.2, -0.15) is 0 Å². The zero-order valence-corrected chi connectivity index (χ0v) is 19.3. The molecule has 0 spiro atoms. The summed E-state index contributed by atoms with van der Waals surface area (Å²) < 4.78 is 5.56.